The minimum Gasteiger partial charge on any atom is -0.277 e. The van der Waals surface area contributed by atoms with Crippen LogP contribution in [0.4, 0.5) is 11.4 Å². The molecule has 6 heteroatoms. The largest absolute Gasteiger partial charge is 0.277 e. The maximum Gasteiger partial charge on any atom is 0.0874 e. The van der Waals surface area contributed by atoms with E-state index < -0.39 is 0 Å². The van der Waals surface area contributed by atoms with E-state index in [0.717, 1.165) is 44.0 Å². The van der Waals surface area contributed by atoms with E-state index in [2.05, 4.69) is 20.7 Å². The van der Waals surface area contributed by atoms with Crippen molar-refractivity contribution in [2.45, 2.75) is 6.42 Å². The summed E-state index contributed by atoms with van der Waals surface area (Å²) < 4.78 is 0. The molecule has 0 aromatic heterocycles. The molecule has 0 saturated carbocycles. The van der Waals surface area contributed by atoms with Crippen molar-refractivity contribution in [3.05, 3.63) is 60.7 Å². The summed E-state index contributed by atoms with van der Waals surface area (Å²) in [5.41, 5.74) is 1.75. The SMILES string of the molecule is c1ccc(N=NN2CCCN(N=Nc3ccccc3)CC2)cc1. The van der Waals surface area contributed by atoms with Crippen molar-refractivity contribution in [2.24, 2.45) is 20.7 Å². The monoisotopic (exact) mass is 308 g/mol. The van der Waals surface area contributed by atoms with Gasteiger partial charge in [-0.3, -0.25) is 10.0 Å². The molecule has 0 amide bonds. The number of hydrogen-bond acceptors (Lipinski definition) is 4. The normalized spacial score (nSPS) is 16.2. The van der Waals surface area contributed by atoms with Crippen molar-refractivity contribution in [3.8, 4) is 0 Å². The van der Waals surface area contributed by atoms with Gasteiger partial charge >= 0.3 is 0 Å². The molecule has 1 saturated heterocycles. The van der Waals surface area contributed by atoms with Gasteiger partial charge in [0.1, 0.15) is 0 Å². The summed E-state index contributed by atoms with van der Waals surface area (Å²) in [6.45, 7) is 3.36. The van der Waals surface area contributed by atoms with Crippen LogP contribution in [0.1, 0.15) is 6.42 Å². The summed E-state index contributed by atoms with van der Waals surface area (Å²) in [5, 5.41) is 21.2. The number of benzene rings is 2. The third kappa shape index (κ3) is 4.88. The predicted molar refractivity (Wildman–Crippen MR) is 89.7 cm³/mol. The molecule has 0 N–H and O–H groups in total. The zero-order chi connectivity index (χ0) is 15.7. The highest BCUT2D eigenvalue weighted by atomic mass is 15.6. The van der Waals surface area contributed by atoms with E-state index in [4.69, 9.17) is 0 Å². The van der Waals surface area contributed by atoms with Gasteiger partial charge in [-0.15, -0.1) is 10.2 Å². The Labute approximate surface area is 136 Å². The Balaban J connectivity index is 1.53. The molecule has 0 radical (unpaired) electrons. The first kappa shape index (κ1) is 15.1. The molecule has 1 heterocycles. The topological polar surface area (TPSA) is 55.9 Å². The second-order valence-corrected chi connectivity index (χ2v) is 5.31. The van der Waals surface area contributed by atoms with Gasteiger partial charge < -0.3 is 0 Å². The van der Waals surface area contributed by atoms with E-state index in [1.165, 1.54) is 0 Å². The highest BCUT2D eigenvalue weighted by Crippen LogP contribution is 2.14. The molecule has 1 aliphatic rings. The van der Waals surface area contributed by atoms with Crippen LogP contribution in [0.5, 0.6) is 0 Å². The second kappa shape index (κ2) is 8.03. The van der Waals surface area contributed by atoms with E-state index in [0.29, 0.717) is 0 Å². The van der Waals surface area contributed by atoms with Crippen LogP contribution in [-0.2, 0) is 0 Å². The highest BCUT2D eigenvalue weighted by Gasteiger charge is 2.12. The Kier molecular flexibility index (Phi) is 5.29. The first-order valence-corrected chi connectivity index (χ1v) is 7.83. The van der Waals surface area contributed by atoms with Crippen molar-refractivity contribution in [1.82, 2.24) is 10.0 Å². The third-order valence-corrected chi connectivity index (χ3v) is 3.53. The molecule has 0 spiro atoms. The zero-order valence-electron chi connectivity index (χ0n) is 13.0. The Morgan fingerprint density at radius 1 is 0.565 bits per heavy atom. The standard InChI is InChI=1S/C17H20N6/c1-3-8-16(9-4-1)18-20-22-12-7-13-23(15-14-22)21-19-17-10-5-2-6-11-17/h1-6,8-11H,7,12-15H2. The van der Waals surface area contributed by atoms with E-state index in [9.17, 15) is 0 Å². The van der Waals surface area contributed by atoms with Gasteiger partial charge in [0.15, 0.2) is 0 Å². The summed E-state index contributed by atoms with van der Waals surface area (Å²) >= 11 is 0. The Hall–Kier alpha value is -2.76. The smallest absolute Gasteiger partial charge is 0.0874 e. The average Bonchev–Trinajstić information content (AvgIpc) is 2.85. The molecular formula is C17H20N6. The predicted octanol–water partition coefficient (Wildman–Crippen LogP) is 4.39. The summed E-state index contributed by atoms with van der Waals surface area (Å²) in [4.78, 5) is 0. The Morgan fingerprint density at radius 3 is 1.43 bits per heavy atom. The second-order valence-electron chi connectivity index (χ2n) is 5.31. The fourth-order valence-corrected chi connectivity index (χ4v) is 2.29. The van der Waals surface area contributed by atoms with Gasteiger partial charge in [-0.05, 0) is 30.7 Å². The van der Waals surface area contributed by atoms with Crippen molar-refractivity contribution in [3.63, 3.8) is 0 Å². The lowest BCUT2D eigenvalue weighted by molar-refractivity contribution is 0.252. The third-order valence-electron chi connectivity index (χ3n) is 3.53. The molecular weight excluding hydrogens is 288 g/mol. The van der Waals surface area contributed by atoms with Crippen LogP contribution in [0.15, 0.2) is 81.3 Å². The zero-order valence-corrected chi connectivity index (χ0v) is 13.0. The lowest BCUT2D eigenvalue weighted by Crippen LogP contribution is -2.24. The van der Waals surface area contributed by atoms with Gasteiger partial charge in [-0.25, -0.2) is 0 Å². The maximum atomic E-state index is 4.33. The van der Waals surface area contributed by atoms with Crippen LogP contribution >= 0.6 is 0 Å². The van der Waals surface area contributed by atoms with Gasteiger partial charge in [-0.2, -0.15) is 0 Å². The summed E-state index contributed by atoms with van der Waals surface area (Å²) in [7, 11) is 0. The van der Waals surface area contributed by atoms with Gasteiger partial charge in [0.25, 0.3) is 0 Å². The molecule has 2 aromatic rings. The van der Waals surface area contributed by atoms with E-state index >= 15 is 0 Å². The minimum atomic E-state index is 0.796. The quantitative estimate of drug-likeness (QED) is 0.786. The van der Waals surface area contributed by atoms with Crippen molar-refractivity contribution < 1.29 is 0 Å². The molecule has 0 aliphatic carbocycles. The molecule has 118 valence electrons. The van der Waals surface area contributed by atoms with E-state index in [-0.39, 0.29) is 0 Å². The fraction of sp³-hybridized carbons (Fsp3) is 0.294. The van der Waals surface area contributed by atoms with Crippen LogP contribution in [0, 0.1) is 0 Å². The van der Waals surface area contributed by atoms with Gasteiger partial charge in [0.05, 0.1) is 24.5 Å². The van der Waals surface area contributed by atoms with E-state index in [1.807, 2.05) is 70.7 Å². The molecule has 2 aromatic carbocycles. The fourth-order valence-electron chi connectivity index (χ4n) is 2.29. The molecule has 0 unspecified atom stereocenters. The molecule has 0 atom stereocenters. The van der Waals surface area contributed by atoms with Crippen LogP contribution in [-0.4, -0.2) is 36.2 Å². The molecule has 1 aliphatic heterocycles. The number of nitrogens with zero attached hydrogens (tertiary/aromatic N) is 6. The Bertz CT molecular complexity index is 583. The molecule has 3 rings (SSSR count). The van der Waals surface area contributed by atoms with Crippen molar-refractivity contribution in [2.75, 3.05) is 26.2 Å². The highest BCUT2D eigenvalue weighted by molar-refractivity contribution is 5.35. The van der Waals surface area contributed by atoms with Gasteiger partial charge in [0, 0.05) is 13.1 Å². The van der Waals surface area contributed by atoms with Crippen LogP contribution < -0.4 is 0 Å². The molecule has 1 fully saturated rings. The first-order chi connectivity index (χ1) is 11.4. The number of hydrogen-bond donors (Lipinski definition) is 0. The summed E-state index contributed by atoms with van der Waals surface area (Å²) in [6, 6.07) is 19.6. The average molecular weight is 308 g/mol. The maximum absolute atomic E-state index is 4.33. The van der Waals surface area contributed by atoms with Crippen LogP contribution in [0.25, 0.3) is 0 Å². The van der Waals surface area contributed by atoms with Gasteiger partial charge in [-0.1, -0.05) is 46.8 Å². The Morgan fingerprint density at radius 2 is 1.00 bits per heavy atom. The first-order valence-electron chi connectivity index (χ1n) is 7.83. The lowest BCUT2D eigenvalue weighted by Gasteiger charge is -2.15. The van der Waals surface area contributed by atoms with E-state index in [1.54, 1.807) is 0 Å². The van der Waals surface area contributed by atoms with Crippen molar-refractivity contribution >= 4 is 11.4 Å². The molecule has 23 heavy (non-hydrogen) atoms. The van der Waals surface area contributed by atoms with Gasteiger partial charge in [0.2, 0.25) is 0 Å². The van der Waals surface area contributed by atoms with Crippen LogP contribution in [0.3, 0.4) is 0 Å². The number of rotatable bonds is 4. The van der Waals surface area contributed by atoms with Crippen molar-refractivity contribution in [1.29, 1.82) is 0 Å². The summed E-state index contributed by atoms with van der Waals surface area (Å²) in [5.74, 6) is 0. The van der Waals surface area contributed by atoms with Crippen LogP contribution in [0.2, 0.25) is 0 Å². The summed E-state index contributed by atoms with van der Waals surface area (Å²) in [6.07, 6.45) is 0.988. The molecule has 6 nitrogen and oxygen atoms in total. The molecule has 0 bridgehead atoms. The minimum absolute atomic E-state index is 0.796. The lowest BCUT2D eigenvalue weighted by atomic mass is 10.3.